The fourth-order valence-corrected chi connectivity index (χ4v) is 3.44. The zero-order valence-corrected chi connectivity index (χ0v) is 16.5. The molecule has 1 amide bonds. The van der Waals surface area contributed by atoms with Crippen LogP contribution in [0.5, 0.6) is 0 Å². The van der Waals surface area contributed by atoms with Crippen molar-refractivity contribution >= 4 is 23.4 Å². The van der Waals surface area contributed by atoms with E-state index in [9.17, 15) is 14.4 Å². The number of hydrogen-bond acceptors (Lipinski definition) is 6. The molecule has 3 heterocycles. The summed E-state index contributed by atoms with van der Waals surface area (Å²) >= 11 is 0. The number of aromatic nitrogens is 4. The molecule has 1 aliphatic rings. The smallest absolute Gasteiger partial charge is 0.433 e. The molecule has 2 aromatic heterocycles. The quantitative estimate of drug-likeness (QED) is 0.456. The Morgan fingerprint density at radius 3 is 1.81 bits per heavy atom. The monoisotopic (exact) mass is 425 g/mol. The van der Waals surface area contributed by atoms with E-state index < -0.39 is 12.2 Å². The number of carbonyl (C=O) groups excluding carboxylic acids is 3. The second-order valence-electron chi connectivity index (χ2n) is 6.99. The van der Waals surface area contributed by atoms with Gasteiger partial charge in [-0.3, -0.25) is 9.59 Å². The van der Waals surface area contributed by atoms with Crippen LogP contribution in [0, 0.1) is 0 Å². The molecule has 4 aromatic rings. The second kappa shape index (κ2) is 7.88. The van der Waals surface area contributed by atoms with Gasteiger partial charge in [-0.15, -0.1) is 0 Å². The summed E-state index contributed by atoms with van der Waals surface area (Å²) in [5, 5.41) is 0. The van der Waals surface area contributed by atoms with Crippen LogP contribution in [0.1, 0.15) is 49.6 Å². The Kier molecular flexibility index (Phi) is 4.75. The van der Waals surface area contributed by atoms with E-state index in [4.69, 9.17) is 4.74 Å². The number of aromatic amines is 2. The lowest BCUT2D eigenvalue weighted by molar-refractivity contribution is 0.102. The highest BCUT2D eigenvalue weighted by atomic mass is 16.6. The van der Waals surface area contributed by atoms with Gasteiger partial charge in [-0.05, 0) is 5.56 Å². The Morgan fingerprint density at radius 1 is 0.781 bits per heavy atom. The fourth-order valence-electron chi connectivity index (χ4n) is 3.44. The largest absolute Gasteiger partial charge is 0.435 e. The summed E-state index contributed by atoms with van der Waals surface area (Å²) in [7, 11) is 0. The third-order valence-electron chi connectivity index (χ3n) is 5.02. The minimum Gasteiger partial charge on any atom is -0.433 e. The second-order valence-corrected chi connectivity index (χ2v) is 6.99. The Morgan fingerprint density at radius 2 is 1.31 bits per heavy atom. The minimum absolute atomic E-state index is 0.240. The predicted molar refractivity (Wildman–Crippen MR) is 113 cm³/mol. The zero-order valence-electron chi connectivity index (χ0n) is 16.5. The molecule has 2 N–H and O–H groups in total. The van der Waals surface area contributed by atoms with Gasteiger partial charge in [0, 0.05) is 41.5 Å². The number of hydrogen-bond donors (Lipinski definition) is 2. The van der Waals surface area contributed by atoms with Crippen LogP contribution >= 0.6 is 0 Å². The van der Waals surface area contributed by atoms with Crippen LogP contribution in [0.3, 0.4) is 0 Å². The van der Waals surface area contributed by atoms with Gasteiger partial charge in [0.15, 0.2) is 17.8 Å². The van der Waals surface area contributed by atoms with Gasteiger partial charge in [-0.2, -0.15) is 4.99 Å². The van der Waals surface area contributed by atoms with E-state index in [2.05, 4.69) is 24.9 Å². The zero-order chi connectivity index (χ0) is 22.1. The van der Waals surface area contributed by atoms with Crippen molar-refractivity contribution in [3.63, 3.8) is 0 Å². The van der Waals surface area contributed by atoms with Gasteiger partial charge in [0.2, 0.25) is 11.6 Å². The number of aliphatic imine (C=N–C) groups is 1. The van der Waals surface area contributed by atoms with Crippen molar-refractivity contribution in [1.82, 2.24) is 19.9 Å². The van der Waals surface area contributed by atoms with Gasteiger partial charge in [0.1, 0.15) is 5.71 Å². The van der Waals surface area contributed by atoms with Crippen molar-refractivity contribution in [3.8, 4) is 0 Å². The molecule has 0 bridgehead atoms. The number of ketones is 2. The molecule has 0 spiro atoms. The topological polar surface area (TPSA) is 130 Å². The van der Waals surface area contributed by atoms with Crippen LogP contribution in [-0.4, -0.2) is 43.3 Å². The average Bonchev–Trinajstić information content (AvgIpc) is 3.60. The van der Waals surface area contributed by atoms with E-state index in [1.807, 2.05) is 0 Å². The summed E-state index contributed by atoms with van der Waals surface area (Å²) in [6, 6.07) is 13.4. The highest BCUT2D eigenvalue weighted by molar-refractivity contribution is 6.13. The fraction of sp³-hybridized carbons (Fsp3) is 0.0435. The van der Waals surface area contributed by atoms with Gasteiger partial charge in [-0.25, -0.2) is 14.8 Å². The lowest BCUT2D eigenvalue weighted by atomic mass is 9.96. The first-order valence-electron chi connectivity index (χ1n) is 9.68. The third-order valence-corrected chi connectivity index (χ3v) is 5.02. The molecule has 1 aliphatic heterocycles. The summed E-state index contributed by atoms with van der Waals surface area (Å²) in [6.45, 7) is 0. The molecule has 0 saturated heterocycles. The first kappa shape index (κ1) is 19.3. The summed E-state index contributed by atoms with van der Waals surface area (Å²) in [4.78, 5) is 54.3. The summed E-state index contributed by atoms with van der Waals surface area (Å²) in [5.74, 6) is 0.0132. The molecular weight excluding hydrogens is 410 g/mol. The lowest BCUT2D eigenvalue weighted by Gasteiger charge is -2.13. The normalized spacial score (nSPS) is 15.3. The molecule has 0 aliphatic carbocycles. The van der Waals surface area contributed by atoms with E-state index in [1.54, 1.807) is 60.9 Å². The van der Waals surface area contributed by atoms with E-state index in [0.717, 1.165) is 0 Å². The number of cyclic esters (lactones) is 1. The van der Waals surface area contributed by atoms with E-state index in [-0.39, 0.29) is 23.2 Å². The van der Waals surface area contributed by atoms with Gasteiger partial charge in [-0.1, -0.05) is 48.5 Å². The van der Waals surface area contributed by atoms with Crippen molar-refractivity contribution in [3.05, 3.63) is 107 Å². The number of imidazole rings is 2. The molecule has 5 rings (SSSR count). The van der Waals surface area contributed by atoms with Crippen molar-refractivity contribution in [2.45, 2.75) is 6.10 Å². The molecule has 156 valence electrons. The van der Waals surface area contributed by atoms with Crippen LogP contribution in [0.4, 0.5) is 4.79 Å². The third kappa shape index (κ3) is 3.52. The number of benzene rings is 2. The molecule has 9 heteroatoms. The van der Waals surface area contributed by atoms with Crippen molar-refractivity contribution in [2.75, 3.05) is 0 Å². The molecule has 0 radical (unpaired) electrons. The molecule has 0 saturated carbocycles. The molecule has 2 aromatic carbocycles. The maximum absolute atomic E-state index is 12.4. The van der Waals surface area contributed by atoms with E-state index in [1.165, 1.54) is 12.4 Å². The molecule has 9 nitrogen and oxygen atoms in total. The van der Waals surface area contributed by atoms with Crippen molar-refractivity contribution in [2.24, 2.45) is 4.99 Å². The predicted octanol–water partition coefficient (Wildman–Crippen LogP) is 3.28. The van der Waals surface area contributed by atoms with Crippen molar-refractivity contribution in [1.29, 1.82) is 0 Å². The van der Waals surface area contributed by atoms with Crippen molar-refractivity contribution < 1.29 is 19.1 Å². The highest BCUT2D eigenvalue weighted by Crippen LogP contribution is 2.29. The minimum atomic E-state index is -0.720. The maximum atomic E-state index is 12.4. The molecule has 1 atom stereocenters. The molecule has 1 unspecified atom stereocenters. The van der Waals surface area contributed by atoms with Crippen LogP contribution in [0.25, 0.3) is 0 Å². The first-order valence-corrected chi connectivity index (χ1v) is 9.68. The number of nitrogens with one attached hydrogen (secondary N) is 2. The van der Waals surface area contributed by atoms with Crippen LogP contribution in [-0.2, 0) is 4.74 Å². The number of carbonyl (C=O) groups is 3. The van der Waals surface area contributed by atoms with E-state index in [0.29, 0.717) is 28.0 Å². The summed E-state index contributed by atoms with van der Waals surface area (Å²) in [6.07, 6.45) is 4.76. The number of rotatable bonds is 6. The number of nitrogens with zero attached hydrogens (tertiary/aromatic N) is 3. The lowest BCUT2D eigenvalue weighted by Crippen LogP contribution is -2.13. The SMILES string of the molecule is O=C1N=C(c2ccc(C(=O)c3ncc[nH]3)cc2)C(c2ccc(C(=O)c3ncc[nH]3)cc2)O1. The molecular formula is C23H15N5O4. The first-order chi connectivity index (χ1) is 15.6. The molecule has 32 heavy (non-hydrogen) atoms. The van der Waals surface area contributed by atoms with Crippen LogP contribution < -0.4 is 0 Å². The Bertz CT molecular complexity index is 1320. The van der Waals surface area contributed by atoms with Crippen LogP contribution in [0.2, 0.25) is 0 Å². The maximum Gasteiger partial charge on any atom is 0.435 e. The number of H-pyrrole nitrogens is 2. The standard InChI is InChI=1S/C23H15N5O4/c29-18(21-24-9-10-25-21)14-3-1-13(2-4-14)17-20(32-23(31)28-17)16-7-5-15(6-8-16)19(30)22-26-11-12-27-22/h1-12,20H,(H,24,25)(H,26,27). The highest BCUT2D eigenvalue weighted by Gasteiger charge is 2.31. The Balaban J connectivity index is 1.38. The van der Waals surface area contributed by atoms with Gasteiger partial charge >= 0.3 is 6.09 Å². The summed E-state index contributed by atoms with van der Waals surface area (Å²) in [5.41, 5.74) is 2.64. The number of amides is 1. The summed E-state index contributed by atoms with van der Waals surface area (Å²) < 4.78 is 5.40. The van der Waals surface area contributed by atoms with Gasteiger partial charge < -0.3 is 14.7 Å². The molecule has 0 fully saturated rings. The van der Waals surface area contributed by atoms with Gasteiger partial charge in [0.25, 0.3) is 0 Å². The Labute approximate surface area is 181 Å². The van der Waals surface area contributed by atoms with E-state index >= 15 is 0 Å². The van der Waals surface area contributed by atoms with Gasteiger partial charge in [0.05, 0.1) is 0 Å². The number of ether oxygens (including phenoxy) is 1. The average molecular weight is 425 g/mol. The van der Waals surface area contributed by atoms with Crippen LogP contribution in [0.15, 0.2) is 78.3 Å². The Hall–Kier alpha value is -4.66.